The maximum Gasteiger partial charge on any atom is 0.327 e. The summed E-state index contributed by atoms with van der Waals surface area (Å²) >= 11 is 0. The molecule has 0 aromatic carbocycles. The molecule has 8 nitrogen and oxygen atoms in total. The number of hydrogen-bond acceptors (Lipinski definition) is 7. The highest BCUT2D eigenvalue weighted by Crippen LogP contribution is 2.13. The molecule has 9 heteroatoms. The molecular weight excluding hydrogens is 412 g/mol. The SMILES string of the molecule is CCCCCCCCCCCCCCOC(=O)CC(C(=O)OCCCO)S(=O)(=O)O. The molecule has 0 aliphatic rings. The number of rotatable bonds is 20. The lowest BCUT2D eigenvalue weighted by Crippen LogP contribution is -2.34. The van der Waals surface area contributed by atoms with Gasteiger partial charge in [0.2, 0.25) is 0 Å². The minimum Gasteiger partial charge on any atom is -0.466 e. The quantitative estimate of drug-likeness (QED) is 0.162. The number of ether oxygens (including phenoxy) is 2. The number of aliphatic hydroxyl groups is 1. The minimum absolute atomic E-state index is 0.132. The molecule has 0 aromatic rings. The zero-order valence-electron chi connectivity index (χ0n) is 18.4. The summed E-state index contributed by atoms with van der Waals surface area (Å²) in [7, 11) is -4.79. The van der Waals surface area contributed by atoms with Gasteiger partial charge in [-0.3, -0.25) is 14.1 Å². The predicted octanol–water partition coefficient (Wildman–Crippen LogP) is 3.80. The summed E-state index contributed by atoms with van der Waals surface area (Å²) < 4.78 is 41.4. The molecule has 0 radical (unpaired) electrons. The van der Waals surface area contributed by atoms with Crippen LogP contribution in [0.2, 0.25) is 0 Å². The molecule has 178 valence electrons. The number of carbonyl (C=O) groups excluding carboxylic acids is 2. The first-order valence-corrected chi connectivity index (χ1v) is 12.7. The van der Waals surface area contributed by atoms with Crippen molar-refractivity contribution in [2.24, 2.45) is 0 Å². The average molecular weight is 453 g/mol. The molecule has 0 aromatic heterocycles. The van der Waals surface area contributed by atoms with E-state index in [4.69, 9.17) is 14.4 Å². The van der Waals surface area contributed by atoms with Gasteiger partial charge >= 0.3 is 11.9 Å². The van der Waals surface area contributed by atoms with E-state index in [-0.39, 0.29) is 26.2 Å². The Morgan fingerprint density at radius 2 is 1.23 bits per heavy atom. The van der Waals surface area contributed by atoms with E-state index in [1.807, 2.05) is 0 Å². The van der Waals surface area contributed by atoms with E-state index in [0.717, 1.165) is 19.3 Å². The molecule has 0 aliphatic carbocycles. The van der Waals surface area contributed by atoms with E-state index in [0.29, 0.717) is 6.42 Å². The van der Waals surface area contributed by atoms with Crippen molar-refractivity contribution in [1.29, 1.82) is 0 Å². The van der Waals surface area contributed by atoms with Crippen LogP contribution in [-0.4, -0.2) is 55.1 Å². The molecule has 0 fully saturated rings. The summed E-state index contributed by atoms with van der Waals surface area (Å²) in [6.45, 7) is 1.93. The van der Waals surface area contributed by atoms with Crippen molar-refractivity contribution in [2.75, 3.05) is 19.8 Å². The Balaban J connectivity index is 3.82. The van der Waals surface area contributed by atoms with Gasteiger partial charge in [0.05, 0.1) is 19.6 Å². The molecule has 0 rings (SSSR count). The molecule has 0 aliphatic heterocycles. The summed E-state index contributed by atoms with van der Waals surface area (Å²) in [6.07, 6.45) is 13.5. The average Bonchev–Trinajstić information content (AvgIpc) is 2.69. The van der Waals surface area contributed by atoms with Gasteiger partial charge in [-0.1, -0.05) is 77.6 Å². The summed E-state index contributed by atoms with van der Waals surface area (Å²) in [5, 5.41) is 6.63. The number of hydrogen-bond donors (Lipinski definition) is 2. The predicted molar refractivity (Wildman–Crippen MR) is 115 cm³/mol. The van der Waals surface area contributed by atoms with Crippen molar-refractivity contribution in [3.63, 3.8) is 0 Å². The standard InChI is InChI=1S/C21H40O8S/c1-2-3-4-5-6-7-8-9-10-11-12-13-16-28-20(23)18-19(30(25,26)27)21(24)29-17-14-15-22/h19,22H,2-18H2,1H3,(H,25,26,27). The fraction of sp³-hybridized carbons (Fsp3) is 0.905. The van der Waals surface area contributed by atoms with Crippen LogP contribution in [0, 0.1) is 0 Å². The Morgan fingerprint density at radius 3 is 1.70 bits per heavy atom. The van der Waals surface area contributed by atoms with Crippen LogP contribution in [-0.2, 0) is 29.2 Å². The van der Waals surface area contributed by atoms with Gasteiger partial charge < -0.3 is 14.6 Å². The molecule has 2 N–H and O–H groups in total. The molecule has 0 saturated heterocycles. The maximum atomic E-state index is 11.8. The Kier molecular flexibility index (Phi) is 17.8. The van der Waals surface area contributed by atoms with E-state index in [1.165, 1.54) is 51.4 Å². The number of esters is 2. The largest absolute Gasteiger partial charge is 0.466 e. The van der Waals surface area contributed by atoms with Crippen molar-refractivity contribution < 1.29 is 37.1 Å². The smallest absolute Gasteiger partial charge is 0.327 e. The lowest BCUT2D eigenvalue weighted by molar-refractivity contribution is -0.150. The van der Waals surface area contributed by atoms with Crippen molar-refractivity contribution >= 4 is 22.1 Å². The van der Waals surface area contributed by atoms with Crippen LogP contribution in [0.5, 0.6) is 0 Å². The highest BCUT2D eigenvalue weighted by atomic mass is 32.2. The van der Waals surface area contributed by atoms with E-state index in [1.54, 1.807) is 0 Å². The lowest BCUT2D eigenvalue weighted by Gasteiger charge is -2.13. The van der Waals surface area contributed by atoms with Crippen LogP contribution in [0.15, 0.2) is 0 Å². The summed E-state index contributed by atoms with van der Waals surface area (Å²) in [6, 6.07) is 0. The molecule has 1 unspecified atom stereocenters. The van der Waals surface area contributed by atoms with Gasteiger partial charge in [0.1, 0.15) is 0 Å². The zero-order valence-corrected chi connectivity index (χ0v) is 19.2. The molecular formula is C21H40O8S. The Labute approximate surface area is 181 Å². The van der Waals surface area contributed by atoms with E-state index >= 15 is 0 Å². The normalized spacial score (nSPS) is 12.5. The van der Waals surface area contributed by atoms with Crippen LogP contribution in [0.25, 0.3) is 0 Å². The second kappa shape index (κ2) is 18.6. The molecule has 1 atom stereocenters. The first kappa shape index (κ1) is 28.8. The fourth-order valence-corrected chi connectivity index (χ4v) is 3.64. The van der Waals surface area contributed by atoms with Gasteiger partial charge in [0, 0.05) is 13.0 Å². The Bertz CT molecular complexity index is 547. The maximum absolute atomic E-state index is 11.8. The van der Waals surface area contributed by atoms with Crippen molar-refractivity contribution in [3.05, 3.63) is 0 Å². The van der Waals surface area contributed by atoms with Crippen LogP contribution in [0.4, 0.5) is 0 Å². The molecule has 0 saturated carbocycles. The van der Waals surface area contributed by atoms with Gasteiger partial charge in [0.25, 0.3) is 10.1 Å². The Hall–Kier alpha value is -1.19. The summed E-state index contributed by atoms with van der Waals surface area (Å²) in [4.78, 5) is 23.5. The minimum atomic E-state index is -4.79. The Morgan fingerprint density at radius 1 is 0.767 bits per heavy atom. The number of aliphatic hydroxyl groups excluding tert-OH is 1. The number of unbranched alkanes of at least 4 members (excludes halogenated alkanes) is 11. The summed E-state index contributed by atoms with van der Waals surface area (Å²) in [5.41, 5.74) is 0. The topological polar surface area (TPSA) is 127 Å². The van der Waals surface area contributed by atoms with E-state index < -0.39 is 33.7 Å². The van der Waals surface area contributed by atoms with Crippen molar-refractivity contribution in [3.8, 4) is 0 Å². The molecule has 0 bridgehead atoms. The first-order valence-electron chi connectivity index (χ1n) is 11.2. The van der Waals surface area contributed by atoms with Crippen LogP contribution < -0.4 is 0 Å². The second-order valence-electron chi connectivity index (χ2n) is 7.56. The fourth-order valence-electron chi connectivity index (χ4n) is 2.98. The van der Waals surface area contributed by atoms with Gasteiger partial charge in [-0.05, 0) is 6.42 Å². The third-order valence-electron chi connectivity index (χ3n) is 4.78. The van der Waals surface area contributed by atoms with E-state index in [2.05, 4.69) is 11.7 Å². The zero-order chi connectivity index (χ0) is 22.7. The van der Waals surface area contributed by atoms with E-state index in [9.17, 15) is 18.0 Å². The summed E-state index contributed by atoms with van der Waals surface area (Å²) in [5.74, 6) is -2.10. The third-order valence-corrected chi connectivity index (χ3v) is 5.86. The molecule has 0 heterocycles. The molecule has 30 heavy (non-hydrogen) atoms. The molecule has 0 amide bonds. The van der Waals surface area contributed by atoms with Crippen molar-refractivity contribution in [2.45, 2.75) is 102 Å². The highest BCUT2D eigenvalue weighted by molar-refractivity contribution is 7.87. The molecule has 0 spiro atoms. The van der Waals surface area contributed by atoms with Gasteiger partial charge in [0.15, 0.2) is 5.25 Å². The van der Waals surface area contributed by atoms with Crippen LogP contribution >= 0.6 is 0 Å². The van der Waals surface area contributed by atoms with Crippen molar-refractivity contribution in [1.82, 2.24) is 0 Å². The monoisotopic (exact) mass is 452 g/mol. The van der Waals surface area contributed by atoms with Crippen LogP contribution in [0.3, 0.4) is 0 Å². The highest BCUT2D eigenvalue weighted by Gasteiger charge is 2.35. The van der Waals surface area contributed by atoms with Gasteiger partial charge in [-0.2, -0.15) is 8.42 Å². The number of carbonyl (C=O) groups is 2. The van der Waals surface area contributed by atoms with Crippen LogP contribution in [0.1, 0.15) is 96.8 Å². The van der Waals surface area contributed by atoms with Gasteiger partial charge in [-0.15, -0.1) is 0 Å². The first-order chi connectivity index (χ1) is 14.3. The lowest BCUT2D eigenvalue weighted by atomic mass is 10.1. The second-order valence-corrected chi connectivity index (χ2v) is 9.16. The third kappa shape index (κ3) is 16.6. The van der Waals surface area contributed by atoms with Gasteiger partial charge in [-0.25, -0.2) is 0 Å².